The van der Waals surface area contributed by atoms with Gasteiger partial charge in [0.15, 0.2) is 0 Å². The maximum Gasteiger partial charge on any atom is 0.230 e. The van der Waals surface area contributed by atoms with Gasteiger partial charge in [-0.2, -0.15) is 0 Å². The van der Waals surface area contributed by atoms with Crippen molar-refractivity contribution < 1.29 is 9.59 Å². The van der Waals surface area contributed by atoms with Crippen LogP contribution in [0.1, 0.15) is 36.8 Å². The topological polar surface area (TPSA) is 46.2 Å². The van der Waals surface area contributed by atoms with Crippen LogP contribution >= 0.6 is 0 Å². The fraction of sp³-hybridized carbons (Fsp3) is 0.429. The highest BCUT2D eigenvalue weighted by Gasteiger charge is 2.35. The van der Waals surface area contributed by atoms with Gasteiger partial charge in [0.2, 0.25) is 11.8 Å². The van der Waals surface area contributed by atoms with Gasteiger partial charge in [0.25, 0.3) is 0 Å². The van der Waals surface area contributed by atoms with Crippen molar-refractivity contribution in [3.8, 4) is 0 Å². The summed E-state index contributed by atoms with van der Waals surface area (Å²) in [5.74, 6) is -0.346. The molecule has 2 unspecified atom stereocenters. The largest absolute Gasteiger partial charge is 0.296 e. The number of hydrogen-bond acceptors (Lipinski definition) is 2. The van der Waals surface area contributed by atoms with Crippen molar-refractivity contribution in [3.05, 3.63) is 35.4 Å². The second-order valence-corrected chi connectivity index (χ2v) is 4.59. The van der Waals surface area contributed by atoms with Crippen LogP contribution in [0.25, 0.3) is 0 Å². The summed E-state index contributed by atoms with van der Waals surface area (Å²) >= 11 is 0. The van der Waals surface area contributed by atoms with Gasteiger partial charge in [0.1, 0.15) is 0 Å². The highest BCUT2D eigenvalue weighted by molar-refractivity contribution is 5.99. The number of nitrogens with one attached hydrogen (secondary N) is 1. The van der Waals surface area contributed by atoms with E-state index >= 15 is 0 Å². The van der Waals surface area contributed by atoms with Crippen molar-refractivity contribution in [2.24, 2.45) is 5.92 Å². The minimum absolute atomic E-state index is 0.0300. The van der Waals surface area contributed by atoms with Crippen LogP contribution in [0, 0.1) is 12.8 Å². The zero-order valence-corrected chi connectivity index (χ0v) is 10.2. The van der Waals surface area contributed by atoms with Crippen molar-refractivity contribution in [1.29, 1.82) is 0 Å². The molecule has 2 amide bonds. The molecule has 1 fully saturated rings. The SMILES string of the molecule is CCC1C(=O)NC(=O)CC1c1ccccc1C. The van der Waals surface area contributed by atoms with E-state index in [1.54, 1.807) is 0 Å². The van der Waals surface area contributed by atoms with E-state index in [0.717, 1.165) is 17.5 Å². The second kappa shape index (κ2) is 4.70. The first-order valence-electron chi connectivity index (χ1n) is 6.02. The first kappa shape index (κ1) is 11.8. The molecule has 3 nitrogen and oxygen atoms in total. The maximum absolute atomic E-state index is 11.8. The Kier molecular flexibility index (Phi) is 3.27. The molecule has 2 atom stereocenters. The van der Waals surface area contributed by atoms with Crippen LogP contribution in [0.2, 0.25) is 0 Å². The number of benzene rings is 1. The molecule has 0 aliphatic carbocycles. The van der Waals surface area contributed by atoms with E-state index in [9.17, 15) is 9.59 Å². The molecule has 1 aromatic rings. The molecule has 1 aliphatic heterocycles. The Morgan fingerprint density at radius 1 is 1.29 bits per heavy atom. The van der Waals surface area contributed by atoms with Crippen LogP contribution < -0.4 is 5.32 Å². The van der Waals surface area contributed by atoms with Crippen molar-refractivity contribution in [2.75, 3.05) is 0 Å². The maximum atomic E-state index is 11.8. The molecule has 17 heavy (non-hydrogen) atoms. The monoisotopic (exact) mass is 231 g/mol. The Labute approximate surface area is 101 Å². The van der Waals surface area contributed by atoms with Crippen molar-refractivity contribution in [2.45, 2.75) is 32.6 Å². The molecule has 2 rings (SSSR count). The third-order valence-electron chi connectivity index (χ3n) is 3.52. The number of carbonyl (C=O) groups is 2. The van der Waals surface area contributed by atoms with Gasteiger partial charge in [0, 0.05) is 18.3 Å². The molecule has 1 aromatic carbocycles. The van der Waals surface area contributed by atoms with Crippen LogP contribution in [-0.4, -0.2) is 11.8 Å². The van der Waals surface area contributed by atoms with Gasteiger partial charge in [-0.25, -0.2) is 0 Å². The lowest BCUT2D eigenvalue weighted by Crippen LogP contribution is -2.44. The number of rotatable bonds is 2. The number of imide groups is 1. The summed E-state index contributed by atoms with van der Waals surface area (Å²) in [5, 5.41) is 2.42. The average molecular weight is 231 g/mol. The zero-order chi connectivity index (χ0) is 12.4. The summed E-state index contributed by atoms with van der Waals surface area (Å²) in [6.07, 6.45) is 1.17. The summed E-state index contributed by atoms with van der Waals surface area (Å²) in [6.45, 7) is 4.02. The molecular formula is C14H17NO2. The third-order valence-corrected chi connectivity index (χ3v) is 3.52. The Morgan fingerprint density at radius 3 is 2.65 bits per heavy atom. The normalized spacial score (nSPS) is 24.6. The molecule has 0 radical (unpaired) electrons. The molecule has 1 saturated heterocycles. The van der Waals surface area contributed by atoms with Gasteiger partial charge in [-0.05, 0) is 24.5 Å². The smallest absolute Gasteiger partial charge is 0.230 e. The molecule has 1 heterocycles. The predicted octanol–water partition coefficient (Wildman–Crippen LogP) is 2.15. The van der Waals surface area contributed by atoms with Gasteiger partial charge < -0.3 is 0 Å². The van der Waals surface area contributed by atoms with Crippen LogP contribution in [0.3, 0.4) is 0 Å². The fourth-order valence-electron chi connectivity index (χ4n) is 2.61. The Balaban J connectivity index is 2.38. The Bertz CT molecular complexity index is 453. The number of amides is 2. The number of piperidine rings is 1. The molecule has 1 aliphatic rings. The molecule has 0 spiro atoms. The molecule has 0 aromatic heterocycles. The van der Waals surface area contributed by atoms with Crippen molar-refractivity contribution in [1.82, 2.24) is 5.32 Å². The van der Waals surface area contributed by atoms with Gasteiger partial charge in [-0.1, -0.05) is 31.2 Å². The molecule has 0 saturated carbocycles. The zero-order valence-electron chi connectivity index (χ0n) is 10.2. The van der Waals surface area contributed by atoms with Crippen LogP contribution in [0.5, 0.6) is 0 Å². The van der Waals surface area contributed by atoms with Gasteiger partial charge in [-0.3, -0.25) is 14.9 Å². The average Bonchev–Trinajstić information content (AvgIpc) is 2.28. The van der Waals surface area contributed by atoms with E-state index in [-0.39, 0.29) is 23.7 Å². The van der Waals surface area contributed by atoms with Crippen molar-refractivity contribution >= 4 is 11.8 Å². The highest BCUT2D eigenvalue weighted by atomic mass is 16.2. The van der Waals surface area contributed by atoms with Crippen LogP contribution in [0.15, 0.2) is 24.3 Å². The summed E-state index contributed by atoms with van der Waals surface area (Å²) in [5.41, 5.74) is 2.28. The van der Waals surface area contributed by atoms with E-state index in [4.69, 9.17) is 0 Å². The fourth-order valence-corrected chi connectivity index (χ4v) is 2.61. The lowest BCUT2D eigenvalue weighted by molar-refractivity contribution is -0.137. The Morgan fingerprint density at radius 2 is 2.00 bits per heavy atom. The number of hydrogen-bond donors (Lipinski definition) is 1. The predicted molar refractivity (Wildman–Crippen MR) is 65.5 cm³/mol. The van der Waals surface area contributed by atoms with E-state index in [1.165, 1.54) is 0 Å². The molecular weight excluding hydrogens is 214 g/mol. The van der Waals surface area contributed by atoms with E-state index in [0.29, 0.717) is 6.42 Å². The molecule has 90 valence electrons. The summed E-state index contributed by atoms with van der Waals surface area (Å²) < 4.78 is 0. The molecule has 0 bridgehead atoms. The van der Waals surface area contributed by atoms with E-state index in [2.05, 4.69) is 5.32 Å². The van der Waals surface area contributed by atoms with E-state index in [1.807, 2.05) is 38.1 Å². The quantitative estimate of drug-likeness (QED) is 0.793. The van der Waals surface area contributed by atoms with Crippen LogP contribution in [0.4, 0.5) is 0 Å². The molecule has 1 N–H and O–H groups in total. The third kappa shape index (κ3) is 2.23. The summed E-state index contributed by atoms with van der Waals surface area (Å²) in [6, 6.07) is 7.99. The minimum atomic E-state index is -0.159. The molecule has 3 heteroatoms. The van der Waals surface area contributed by atoms with Gasteiger partial charge in [-0.15, -0.1) is 0 Å². The van der Waals surface area contributed by atoms with Gasteiger partial charge in [0.05, 0.1) is 0 Å². The highest BCUT2D eigenvalue weighted by Crippen LogP contribution is 2.34. The van der Waals surface area contributed by atoms with E-state index < -0.39 is 0 Å². The van der Waals surface area contributed by atoms with Crippen molar-refractivity contribution in [3.63, 3.8) is 0 Å². The summed E-state index contributed by atoms with van der Waals surface area (Å²) in [4.78, 5) is 23.3. The number of aryl methyl sites for hydroxylation is 1. The first-order valence-corrected chi connectivity index (χ1v) is 6.02. The summed E-state index contributed by atoms with van der Waals surface area (Å²) in [7, 11) is 0. The number of carbonyl (C=O) groups excluding carboxylic acids is 2. The lowest BCUT2D eigenvalue weighted by Gasteiger charge is -2.30. The minimum Gasteiger partial charge on any atom is -0.296 e. The standard InChI is InChI=1S/C14H17NO2/c1-3-10-12(8-13(16)15-14(10)17)11-7-5-4-6-9(11)2/h4-7,10,12H,3,8H2,1-2H3,(H,15,16,17). The first-order chi connectivity index (χ1) is 8.13. The Hall–Kier alpha value is -1.64. The van der Waals surface area contributed by atoms with Crippen LogP contribution in [-0.2, 0) is 9.59 Å². The lowest BCUT2D eigenvalue weighted by atomic mass is 9.77. The van der Waals surface area contributed by atoms with Gasteiger partial charge >= 0.3 is 0 Å². The second-order valence-electron chi connectivity index (χ2n) is 4.59.